The third kappa shape index (κ3) is 38.6. The molecule has 19 heteroatoms. The summed E-state index contributed by atoms with van der Waals surface area (Å²) in [6, 6.07) is -0.972. The largest absolute Gasteiger partial charge is 0.394 e. The van der Waals surface area contributed by atoms with E-state index in [-0.39, 0.29) is 18.9 Å². The minimum Gasteiger partial charge on any atom is -0.394 e. The Morgan fingerprint density at radius 1 is 0.379 bits per heavy atom. The van der Waals surface area contributed by atoms with Crippen LogP contribution in [0.15, 0.2) is 36.5 Å². The van der Waals surface area contributed by atoms with Gasteiger partial charge in [-0.25, -0.2) is 0 Å². The van der Waals surface area contributed by atoms with Gasteiger partial charge in [0.2, 0.25) is 5.91 Å². The van der Waals surface area contributed by atoms with E-state index in [1.165, 1.54) is 231 Å². The van der Waals surface area contributed by atoms with Crippen LogP contribution in [0.4, 0.5) is 0 Å². The van der Waals surface area contributed by atoms with Crippen molar-refractivity contribution in [1.29, 1.82) is 0 Å². The molecule has 0 spiro atoms. The zero-order valence-electron chi connectivity index (χ0n) is 59.4. The first-order valence-corrected chi connectivity index (χ1v) is 38.7. The number of nitrogens with one attached hydrogen (secondary N) is 1. The molecule has 0 aromatic carbocycles. The summed E-state index contributed by atoms with van der Waals surface area (Å²) in [5.41, 5.74) is 0. The number of rotatable bonds is 61. The Labute approximate surface area is 574 Å². The monoisotopic (exact) mass is 1360 g/mol. The molecule has 0 saturated carbocycles. The number of aliphatic hydroxyl groups is 11. The number of carbonyl (C=O) groups is 1. The van der Waals surface area contributed by atoms with Crippen molar-refractivity contribution in [3.05, 3.63) is 36.5 Å². The average molecular weight is 1360 g/mol. The van der Waals surface area contributed by atoms with Crippen molar-refractivity contribution in [2.75, 3.05) is 26.4 Å². The van der Waals surface area contributed by atoms with Crippen LogP contribution in [0.5, 0.6) is 0 Å². The second kappa shape index (κ2) is 57.6. The summed E-state index contributed by atoms with van der Waals surface area (Å²) in [4.78, 5) is 13.4. The van der Waals surface area contributed by atoms with E-state index < -0.39 is 124 Å². The van der Waals surface area contributed by atoms with Crippen molar-refractivity contribution in [3.63, 3.8) is 0 Å². The molecule has 3 rings (SSSR count). The van der Waals surface area contributed by atoms with Crippen molar-refractivity contribution in [1.82, 2.24) is 5.32 Å². The first-order chi connectivity index (χ1) is 46.3. The predicted octanol–water partition coefficient (Wildman–Crippen LogP) is 11.9. The SMILES string of the molecule is CCCCCCC/C=C\C/C=C\CCCCCCCCCCCCCCCCCCCCCCCC(=O)NC(COC1OC(CO)C(OC2OC(CO)C(OC3OC(CO)C(O)C(O)C3O)C(O)C2O)C(O)C1O)C(O)/C=C/CCCCCCCCCCCCCCCCC. The zero-order chi connectivity index (χ0) is 68.9. The molecule has 17 atom stereocenters. The molecule has 3 aliphatic rings. The quantitative estimate of drug-likeness (QED) is 0.0199. The third-order valence-electron chi connectivity index (χ3n) is 19.4. The van der Waals surface area contributed by atoms with E-state index in [0.29, 0.717) is 6.42 Å². The maximum Gasteiger partial charge on any atom is 0.220 e. The van der Waals surface area contributed by atoms with Crippen molar-refractivity contribution in [3.8, 4) is 0 Å². The molecule has 3 fully saturated rings. The number of unbranched alkanes of at least 4 members (excludes halogenated alkanes) is 41. The van der Waals surface area contributed by atoms with Crippen LogP contribution >= 0.6 is 0 Å². The van der Waals surface area contributed by atoms with Crippen LogP contribution in [0, 0.1) is 0 Å². The van der Waals surface area contributed by atoms with Crippen LogP contribution in [-0.2, 0) is 33.2 Å². The van der Waals surface area contributed by atoms with Crippen molar-refractivity contribution in [2.24, 2.45) is 0 Å². The second-order valence-corrected chi connectivity index (χ2v) is 27.8. The first-order valence-electron chi connectivity index (χ1n) is 38.7. The molecule has 1 amide bonds. The maximum absolute atomic E-state index is 13.4. The van der Waals surface area contributed by atoms with E-state index in [4.69, 9.17) is 28.4 Å². The van der Waals surface area contributed by atoms with Crippen molar-refractivity contribution < 1.29 is 89.4 Å². The van der Waals surface area contributed by atoms with Gasteiger partial charge in [0.25, 0.3) is 0 Å². The molecule has 12 N–H and O–H groups in total. The van der Waals surface area contributed by atoms with Gasteiger partial charge in [-0.15, -0.1) is 0 Å². The van der Waals surface area contributed by atoms with E-state index >= 15 is 0 Å². The Morgan fingerprint density at radius 2 is 0.695 bits per heavy atom. The van der Waals surface area contributed by atoms with Gasteiger partial charge in [-0.1, -0.05) is 288 Å². The highest BCUT2D eigenvalue weighted by atomic mass is 16.8. The van der Waals surface area contributed by atoms with E-state index in [2.05, 4.69) is 43.5 Å². The Bertz CT molecular complexity index is 1860. The number of aliphatic hydroxyl groups excluding tert-OH is 11. The smallest absolute Gasteiger partial charge is 0.220 e. The van der Waals surface area contributed by atoms with Gasteiger partial charge in [-0.3, -0.25) is 4.79 Å². The summed E-state index contributed by atoms with van der Waals surface area (Å²) in [7, 11) is 0. The minimum atomic E-state index is -1.98. The van der Waals surface area contributed by atoms with Crippen molar-refractivity contribution >= 4 is 5.91 Å². The summed E-state index contributed by atoms with van der Waals surface area (Å²) in [5, 5.41) is 121. The number of ether oxygens (including phenoxy) is 6. The molecule has 19 nitrogen and oxygen atoms in total. The molecule has 0 radical (unpaired) electrons. The van der Waals surface area contributed by atoms with Crippen LogP contribution in [0.25, 0.3) is 0 Å². The number of carbonyl (C=O) groups excluding carboxylic acids is 1. The topological polar surface area (TPSA) is 307 Å². The lowest BCUT2D eigenvalue weighted by Crippen LogP contribution is -2.66. The molecule has 0 aliphatic carbocycles. The molecule has 0 bridgehead atoms. The third-order valence-corrected chi connectivity index (χ3v) is 19.4. The molecule has 3 saturated heterocycles. The van der Waals surface area contributed by atoms with E-state index in [0.717, 1.165) is 51.4 Å². The summed E-state index contributed by atoms with van der Waals surface area (Å²) in [6.07, 6.45) is 42.8. The first kappa shape index (κ1) is 87.2. The highest BCUT2D eigenvalue weighted by Gasteiger charge is 2.53. The van der Waals surface area contributed by atoms with Gasteiger partial charge in [-0.05, 0) is 51.4 Å². The van der Waals surface area contributed by atoms with Gasteiger partial charge in [0, 0.05) is 6.42 Å². The Kier molecular flexibility index (Phi) is 52.9. The molecule has 95 heavy (non-hydrogen) atoms. The Balaban J connectivity index is 1.35. The van der Waals surface area contributed by atoms with Crippen LogP contribution < -0.4 is 5.32 Å². The summed E-state index contributed by atoms with van der Waals surface area (Å²) in [5.74, 6) is -0.270. The van der Waals surface area contributed by atoms with Gasteiger partial charge in [0.1, 0.15) is 73.2 Å². The van der Waals surface area contributed by atoms with Gasteiger partial charge in [0.15, 0.2) is 18.9 Å². The Morgan fingerprint density at radius 3 is 1.07 bits per heavy atom. The lowest BCUT2D eigenvalue weighted by Gasteiger charge is -2.48. The highest BCUT2D eigenvalue weighted by Crippen LogP contribution is 2.33. The average Bonchev–Trinajstić information content (AvgIpc) is 0.786. The van der Waals surface area contributed by atoms with E-state index in [1.54, 1.807) is 6.08 Å². The van der Waals surface area contributed by atoms with Crippen LogP contribution in [0.1, 0.15) is 309 Å². The molecule has 558 valence electrons. The lowest BCUT2D eigenvalue weighted by atomic mass is 9.96. The van der Waals surface area contributed by atoms with Gasteiger partial charge < -0.3 is 89.9 Å². The molecule has 3 heterocycles. The fourth-order valence-corrected chi connectivity index (χ4v) is 13.2. The fourth-order valence-electron chi connectivity index (χ4n) is 13.2. The van der Waals surface area contributed by atoms with Crippen LogP contribution in [0.2, 0.25) is 0 Å². The fraction of sp³-hybridized carbons (Fsp3) is 0.908. The highest BCUT2D eigenvalue weighted by molar-refractivity contribution is 5.76. The van der Waals surface area contributed by atoms with E-state index in [9.17, 15) is 61.0 Å². The van der Waals surface area contributed by atoms with Gasteiger partial charge in [0.05, 0.1) is 38.6 Å². The van der Waals surface area contributed by atoms with Crippen molar-refractivity contribution in [2.45, 2.75) is 413 Å². The normalized spacial score (nSPS) is 27.4. The number of amides is 1. The number of hydrogen-bond donors (Lipinski definition) is 12. The number of hydrogen-bond acceptors (Lipinski definition) is 18. The maximum atomic E-state index is 13.4. The summed E-state index contributed by atoms with van der Waals surface area (Å²) >= 11 is 0. The standard InChI is InChI=1S/C76H141NO18/c1-3-5-7-9-11-13-15-17-19-21-22-23-24-25-26-27-28-29-30-31-32-33-34-35-36-38-40-42-44-46-48-50-52-54-64(82)77-59(60(81)53-51-49-47-45-43-41-39-37-20-18-16-14-12-10-8-6-4-2)58-90-74-70(88)67(85)72(62(56-79)92-74)95-76-71(89)68(86)73(63(57-80)93-76)94-75-69(87)66(84)65(83)61(55-78)91-75/h15,17,21-22,51,53,59-63,65-76,78-81,83-89H,3-14,16,18-20,23-50,52,54-58H2,1-2H3,(H,77,82)/b17-15-,22-21-,53-51+. The molecular formula is C76H141NO18. The van der Waals surface area contributed by atoms with Gasteiger partial charge >= 0.3 is 0 Å². The molecule has 0 aromatic heterocycles. The zero-order valence-corrected chi connectivity index (χ0v) is 59.4. The number of allylic oxidation sites excluding steroid dienone is 5. The Hall–Kier alpha value is -1.99. The predicted molar refractivity (Wildman–Crippen MR) is 374 cm³/mol. The van der Waals surface area contributed by atoms with Crippen LogP contribution in [0.3, 0.4) is 0 Å². The molecular weight excluding hydrogens is 1210 g/mol. The minimum absolute atomic E-state index is 0.247. The van der Waals surface area contributed by atoms with Crippen LogP contribution in [-0.4, -0.2) is 193 Å². The molecule has 0 aromatic rings. The second-order valence-electron chi connectivity index (χ2n) is 27.8. The molecule has 3 aliphatic heterocycles. The summed E-state index contributed by atoms with van der Waals surface area (Å²) < 4.78 is 34.4. The summed E-state index contributed by atoms with van der Waals surface area (Å²) in [6.45, 7) is 1.76. The lowest BCUT2D eigenvalue weighted by molar-refractivity contribution is -0.379. The molecule has 17 unspecified atom stereocenters. The van der Waals surface area contributed by atoms with E-state index in [1.807, 2.05) is 6.08 Å². The van der Waals surface area contributed by atoms with Gasteiger partial charge in [-0.2, -0.15) is 0 Å².